The molecule has 0 atom stereocenters. The molecule has 6 nitrogen and oxygen atoms in total. The number of carbonyl (C=O) groups excluding carboxylic acids is 2. The molecule has 0 saturated carbocycles. The van der Waals surface area contributed by atoms with Crippen LogP contribution in [-0.4, -0.2) is 51.5 Å². The Balaban J connectivity index is 1.50. The van der Waals surface area contributed by atoms with Gasteiger partial charge in [0.05, 0.1) is 12.2 Å². The molecule has 0 radical (unpaired) electrons. The van der Waals surface area contributed by atoms with Gasteiger partial charge >= 0.3 is 0 Å². The largest absolute Gasteiger partial charge is 0.339 e. The highest BCUT2D eigenvalue weighted by Gasteiger charge is 2.32. The van der Waals surface area contributed by atoms with Crippen LogP contribution in [-0.2, 0) is 24.3 Å². The van der Waals surface area contributed by atoms with Crippen molar-refractivity contribution in [1.29, 1.82) is 0 Å². The third-order valence-electron chi connectivity index (χ3n) is 5.95. The van der Waals surface area contributed by atoms with Crippen LogP contribution >= 0.6 is 0 Å². The van der Waals surface area contributed by atoms with Crippen LogP contribution in [0.2, 0.25) is 0 Å². The van der Waals surface area contributed by atoms with Crippen LogP contribution in [0.1, 0.15) is 53.0 Å². The Kier molecular flexibility index (Phi) is 5.15. The lowest BCUT2D eigenvalue weighted by Crippen LogP contribution is -2.39. The summed E-state index contributed by atoms with van der Waals surface area (Å²) in [6, 6.07) is 6.91. The van der Waals surface area contributed by atoms with Gasteiger partial charge in [-0.2, -0.15) is 5.10 Å². The van der Waals surface area contributed by atoms with Gasteiger partial charge in [0.2, 0.25) is 6.41 Å². The molecule has 2 aromatic rings. The van der Waals surface area contributed by atoms with Crippen molar-refractivity contribution in [1.82, 2.24) is 19.6 Å². The number of halogens is 1. The minimum absolute atomic E-state index is 0.0463. The molecule has 28 heavy (non-hydrogen) atoms. The Morgan fingerprint density at radius 1 is 1.25 bits per heavy atom. The van der Waals surface area contributed by atoms with Gasteiger partial charge in [-0.05, 0) is 43.7 Å². The lowest BCUT2D eigenvalue weighted by Gasteiger charge is -2.32. The van der Waals surface area contributed by atoms with E-state index in [4.69, 9.17) is 0 Å². The number of hydrogen-bond donors (Lipinski definition) is 0. The number of rotatable bonds is 4. The van der Waals surface area contributed by atoms with E-state index in [0.717, 1.165) is 36.1 Å². The summed E-state index contributed by atoms with van der Waals surface area (Å²) >= 11 is 0. The summed E-state index contributed by atoms with van der Waals surface area (Å²) in [6.45, 7) is 4.97. The molecule has 0 unspecified atom stereocenters. The van der Waals surface area contributed by atoms with E-state index < -0.39 is 0 Å². The highest BCUT2D eigenvalue weighted by atomic mass is 19.1. The molecule has 3 heterocycles. The Morgan fingerprint density at radius 3 is 2.68 bits per heavy atom. The fraction of sp³-hybridized carbons (Fsp3) is 0.476. The minimum atomic E-state index is -0.164. The Bertz CT molecular complexity index is 887. The second kappa shape index (κ2) is 7.73. The van der Waals surface area contributed by atoms with Crippen molar-refractivity contribution in [2.75, 3.05) is 19.6 Å². The SMILES string of the molecule is CCn1nc(C(=O)N2CCC(c3ccccc3F)CC2)c2c1CN(C=O)CC2. The summed E-state index contributed by atoms with van der Waals surface area (Å²) in [5.74, 6) is -0.0636. The Labute approximate surface area is 163 Å². The van der Waals surface area contributed by atoms with E-state index >= 15 is 0 Å². The zero-order chi connectivity index (χ0) is 19.7. The standard InChI is InChI=1S/C21H25FN4O2/c1-2-26-19-13-24(14-27)10-9-17(19)20(23-26)21(28)25-11-7-15(8-12-25)16-5-3-4-6-18(16)22/h3-6,14-15H,2,7-13H2,1H3. The van der Waals surface area contributed by atoms with E-state index in [-0.39, 0.29) is 17.6 Å². The molecule has 1 aromatic heterocycles. The van der Waals surface area contributed by atoms with Crippen molar-refractivity contribution in [3.8, 4) is 0 Å². The molecule has 1 fully saturated rings. The molecule has 2 aliphatic rings. The topological polar surface area (TPSA) is 58.4 Å². The van der Waals surface area contributed by atoms with Gasteiger partial charge in [-0.25, -0.2) is 4.39 Å². The molecule has 0 bridgehead atoms. The number of aryl methyl sites for hydroxylation is 1. The third kappa shape index (κ3) is 3.30. The molecule has 2 amide bonds. The zero-order valence-corrected chi connectivity index (χ0v) is 16.1. The number of fused-ring (bicyclic) bond motifs is 1. The molecule has 4 rings (SSSR count). The number of aromatic nitrogens is 2. The summed E-state index contributed by atoms with van der Waals surface area (Å²) in [5, 5.41) is 4.57. The lowest BCUT2D eigenvalue weighted by atomic mass is 9.89. The van der Waals surface area contributed by atoms with Crippen molar-refractivity contribution in [3.05, 3.63) is 52.6 Å². The van der Waals surface area contributed by atoms with E-state index in [2.05, 4.69) is 5.10 Å². The predicted molar refractivity (Wildman–Crippen MR) is 102 cm³/mol. The molecular formula is C21H25FN4O2. The molecule has 1 saturated heterocycles. The van der Waals surface area contributed by atoms with Crippen LogP contribution in [0.15, 0.2) is 24.3 Å². The number of amides is 2. The van der Waals surface area contributed by atoms with Gasteiger partial charge in [-0.3, -0.25) is 14.3 Å². The quantitative estimate of drug-likeness (QED) is 0.762. The summed E-state index contributed by atoms with van der Waals surface area (Å²) in [5.41, 5.74) is 3.20. The van der Waals surface area contributed by atoms with Crippen LogP contribution in [0.4, 0.5) is 4.39 Å². The number of nitrogens with zero attached hydrogens (tertiary/aromatic N) is 4. The van der Waals surface area contributed by atoms with Crippen molar-refractivity contribution < 1.29 is 14.0 Å². The summed E-state index contributed by atoms with van der Waals surface area (Å²) in [4.78, 5) is 27.8. The first-order valence-corrected chi connectivity index (χ1v) is 9.94. The number of benzene rings is 1. The number of piperidine rings is 1. The van der Waals surface area contributed by atoms with E-state index in [1.54, 1.807) is 11.0 Å². The van der Waals surface area contributed by atoms with Gasteiger partial charge in [0.15, 0.2) is 5.69 Å². The normalized spacial score (nSPS) is 17.5. The van der Waals surface area contributed by atoms with E-state index in [1.165, 1.54) is 6.07 Å². The Hall–Kier alpha value is -2.70. The lowest BCUT2D eigenvalue weighted by molar-refractivity contribution is -0.119. The minimum Gasteiger partial charge on any atom is -0.339 e. The maximum Gasteiger partial charge on any atom is 0.274 e. The summed E-state index contributed by atoms with van der Waals surface area (Å²) in [7, 11) is 0. The molecule has 7 heteroatoms. The van der Waals surface area contributed by atoms with Crippen LogP contribution in [0, 0.1) is 5.82 Å². The van der Waals surface area contributed by atoms with Gasteiger partial charge < -0.3 is 9.80 Å². The van der Waals surface area contributed by atoms with Crippen molar-refractivity contribution in [2.24, 2.45) is 0 Å². The maximum atomic E-state index is 14.1. The predicted octanol–water partition coefficient (Wildman–Crippen LogP) is 2.58. The monoisotopic (exact) mass is 384 g/mol. The first kappa shape index (κ1) is 18.7. The average molecular weight is 384 g/mol. The molecule has 148 valence electrons. The van der Waals surface area contributed by atoms with Gasteiger partial charge in [0, 0.05) is 31.7 Å². The van der Waals surface area contributed by atoms with E-state index in [9.17, 15) is 14.0 Å². The number of hydrogen-bond acceptors (Lipinski definition) is 3. The van der Waals surface area contributed by atoms with E-state index in [1.807, 2.05) is 28.6 Å². The van der Waals surface area contributed by atoms with Crippen LogP contribution in [0.25, 0.3) is 0 Å². The highest BCUT2D eigenvalue weighted by molar-refractivity contribution is 5.94. The number of carbonyl (C=O) groups is 2. The van der Waals surface area contributed by atoms with Gasteiger partial charge in [-0.1, -0.05) is 18.2 Å². The van der Waals surface area contributed by atoms with Gasteiger partial charge in [0.1, 0.15) is 5.82 Å². The van der Waals surface area contributed by atoms with Crippen LogP contribution in [0.5, 0.6) is 0 Å². The third-order valence-corrected chi connectivity index (χ3v) is 5.95. The highest BCUT2D eigenvalue weighted by Crippen LogP contribution is 2.31. The van der Waals surface area contributed by atoms with Crippen molar-refractivity contribution in [2.45, 2.75) is 45.2 Å². The first-order chi connectivity index (χ1) is 13.6. The average Bonchev–Trinajstić information content (AvgIpc) is 3.11. The van der Waals surface area contributed by atoms with Crippen molar-refractivity contribution >= 4 is 12.3 Å². The molecule has 0 spiro atoms. The second-order valence-corrected chi connectivity index (χ2v) is 7.50. The molecule has 1 aromatic carbocycles. The van der Waals surface area contributed by atoms with Crippen molar-refractivity contribution in [3.63, 3.8) is 0 Å². The zero-order valence-electron chi connectivity index (χ0n) is 16.1. The molecule has 0 N–H and O–H groups in total. The number of likely N-dealkylation sites (tertiary alicyclic amines) is 1. The molecule has 0 aliphatic carbocycles. The summed E-state index contributed by atoms with van der Waals surface area (Å²) in [6.07, 6.45) is 3.01. The van der Waals surface area contributed by atoms with E-state index in [0.29, 0.717) is 44.8 Å². The smallest absolute Gasteiger partial charge is 0.274 e. The van der Waals surface area contributed by atoms with Crippen LogP contribution < -0.4 is 0 Å². The fourth-order valence-corrected chi connectivity index (χ4v) is 4.37. The fourth-order valence-electron chi connectivity index (χ4n) is 4.37. The molecular weight excluding hydrogens is 359 g/mol. The van der Waals surface area contributed by atoms with Gasteiger partial charge in [-0.15, -0.1) is 0 Å². The summed E-state index contributed by atoms with van der Waals surface area (Å²) < 4.78 is 15.9. The second-order valence-electron chi connectivity index (χ2n) is 7.50. The molecule has 2 aliphatic heterocycles. The van der Waals surface area contributed by atoms with Gasteiger partial charge in [0.25, 0.3) is 5.91 Å². The maximum absolute atomic E-state index is 14.1. The first-order valence-electron chi connectivity index (χ1n) is 9.94. The Morgan fingerprint density at radius 2 is 2.00 bits per heavy atom. The van der Waals surface area contributed by atoms with Crippen LogP contribution in [0.3, 0.4) is 0 Å².